The van der Waals surface area contributed by atoms with Crippen molar-refractivity contribution in [1.82, 2.24) is 20.1 Å². The molecule has 144 valence electrons. The Bertz CT molecular complexity index is 823. The summed E-state index contributed by atoms with van der Waals surface area (Å²) in [7, 11) is 1.34. The molecule has 27 heavy (non-hydrogen) atoms. The molecule has 0 bridgehead atoms. The number of thioether (sulfide) groups is 1. The van der Waals surface area contributed by atoms with Gasteiger partial charge >= 0.3 is 5.97 Å². The number of amides is 1. The highest BCUT2D eigenvalue weighted by Crippen LogP contribution is 2.41. The van der Waals surface area contributed by atoms with Gasteiger partial charge in [0.15, 0.2) is 11.0 Å². The largest absolute Gasteiger partial charge is 0.469 e. The number of nitrogens with one attached hydrogen (secondary N) is 1. The molecule has 9 heteroatoms. The quantitative estimate of drug-likeness (QED) is 0.401. The fourth-order valence-electron chi connectivity index (χ4n) is 2.61. The number of ether oxygens (including phenoxy) is 1. The Balaban J connectivity index is 1.59. The van der Waals surface area contributed by atoms with Crippen molar-refractivity contribution < 1.29 is 18.7 Å². The van der Waals surface area contributed by atoms with Gasteiger partial charge in [-0.05, 0) is 31.4 Å². The van der Waals surface area contributed by atoms with Gasteiger partial charge in [0.05, 0.1) is 18.4 Å². The van der Waals surface area contributed by atoms with Gasteiger partial charge in [-0.25, -0.2) is 4.39 Å². The van der Waals surface area contributed by atoms with Gasteiger partial charge in [-0.3, -0.25) is 14.2 Å². The van der Waals surface area contributed by atoms with Crippen LogP contribution >= 0.6 is 11.8 Å². The Kier molecular flexibility index (Phi) is 6.44. The molecule has 0 aliphatic heterocycles. The molecule has 1 aliphatic rings. The molecule has 1 N–H and O–H groups in total. The van der Waals surface area contributed by atoms with E-state index in [1.165, 1.54) is 24.9 Å². The lowest BCUT2D eigenvalue weighted by atomic mass is 10.2. The molecule has 1 heterocycles. The van der Waals surface area contributed by atoms with E-state index in [9.17, 15) is 14.0 Å². The molecule has 0 saturated heterocycles. The minimum atomic E-state index is -0.341. The number of esters is 1. The molecule has 1 aliphatic carbocycles. The number of hydrogen-bond donors (Lipinski definition) is 1. The van der Waals surface area contributed by atoms with E-state index in [4.69, 9.17) is 0 Å². The maximum atomic E-state index is 14.1. The summed E-state index contributed by atoms with van der Waals surface area (Å²) in [5.41, 5.74) is 0.413. The van der Waals surface area contributed by atoms with Crippen LogP contribution in [0.1, 0.15) is 31.7 Å². The maximum absolute atomic E-state index is 14.1. The smallest absolute Gasteiger partial charge is 0.305 e. The van der Waals surface area contributed by atoms with Crippen molar-refractivity contribution >= 4 is 23.6 Å². The fourth-order valence-corrected chi connectivity index (χ4v) is 3.44. The molecule has 1 aromatic carbocycles. The van der Waals surface area contributed by atoms with Crippen LogP contribution in [0.5, 0.6) is 0 Å². The van der Waals surface area contributed by atoms with Crippen molar-refractivity contribution in [3.63, 3.8) is 0 Å². The van der Waals surface area contributed by atoms with Crippen molar-refractivity contribution in [3.8, 4) is 11.4 Å². The van der Waals surface area contributed by atoms with E-state index in [-0.39, 0.29) is 35.9 Å². The molecular formula is C18H21FN4O3S. The van der Waals surface area contributed by atoms with E-state index < -0.39 is 0 Å². The van der Waals surface area contributed by atoms with Gasteiger partial charge in [0, 0.05) is 19.0 Å². The molecule has 1 fully saturated rings. The average Bonchev–Trinajstić information content (AvgIpc) is 3.43. The molecule has 3 rings (SSSR count). The number of hydrogen-bond acceptors (Lipinski definition) is 6. The molecular weight excluding hydrogens is 371 g/mol. The second-order valence-electron chi connectivity index (χ2n) is 6.21. The second kappa shape index (κ2) is 8.98. The zero-order chi connectivity index (χ0) is 19.2. The van der Waals surface area contributed by atoms with Crippen LogP contribution in [0.15, 0.2) is 29.4 Å². The maximum Gasteiger partial charge on any atom is 0.305 e. The SMILES string of the molecule is COC(=O)CCCNC(=O)CSc1nnc(-c2ccccc2F)n1C1CC1. The highest BCUT2D eigenvalue weighted by Gasteiger charge is 2.31. The predicted octanol–water partition coefficient (Wildman–Crippen LogP) is 2.58. The van der Waals surface area contributed by atoms with Gasteiger partial charge in [-0.2, -0.15) is 0 Å². The van der Waals surface area contributed by atoms with Crippen LogP contribution in [0, 0.1) is 5.82 Å². The summed E-state index contributed by atoms with van der Waals surface area (Å²) in [6.07, 6.45) is 2.78. The lowest BCUT2D eigenvalue weighted by Crippen LogP contribution is -2.26. The van der Waals surface area contributed by atoms with Crippen molar-refractivity contribution in [1.29, 1.82) is 0 Å². The number of benzene rings is 1. The average molecular weight is 392 g/mol. The van der Waals surface area contributed by atoms with Gasteiger partial charge in [-0.1, -0.05) is 23.9 Å². The lowest BCUT2D eigenvalue weighted by Gasteiger charge is -2.09. The van der Waals surface area contributed by atoms with E-state index in [0.717, 1.165) is 12.8 Å². The third-order valence-corrected chi connectivity index (χ3v) is 5.07. The van der Waals surface area contributed by atoms with Gasteiger partial charge in [0.2, 0.25) is 5.91 Å². The molecule has 2 aromatic rings. The lowest BCUT2D eigenvalue weighted by molar-refractivity contribution is -0.140. The Morgan fingerprint density at radius 3 is 2.81 bits per heavy atom. The molecule has 0 spiro atoms. The number of carbonyl (C=O) groups is 2. The summed E-state index contributed by atoms with van der Waals surface area (Å²) < 4.78 is 20.6. The van der Waals surface area contributed by atoms with Crippen molar-refractivity contribution in [2.75, 3.05) is 19.4 Å². The van der Waals surface area contributed by atoms with Crippen LogP contribution in [0.4, 0.5) is 4.39 Å². The Morgan fingerprint density at radius 1 is 1.33 bits per heavy atom. The summed E-state index contributed by atoms with van der Waals surface area (Å²) in [6, 6.07) is 6.73. The van der Waals surface area contributed by atoms with Crippen LogP contribution < -0.4 is 5.32 Å². The van der Waals surface area contributed by atoms with E-state index in [2.05, 4.69) is 20.3 Å². The number of rotatable bonds is 9. The predicted molar refractivity (Wildman–Crippen MR) is 98.7 cm³/mol. The number of methoxy groups -OCH3 is 1. The number of aromatic nitrogens is 3. The van der Waals surface area contributed by atoms with Crippen LogP contribution in [-0.4, -0.2) is 46.0 Å². The van der Waals surface area contributed by atoms with Crippen LogP contribution in [0.25, 0.3) is 11.4 Å². The summed E-state index contributed by atoms with van der Waals surface area (Å²) in [6.45, 7) is 0.407. The first-order valence-electron chi connectivity index (χ1n) is 8.76. The van der Waals surface area contributed by atoms with Gasteiger partial charge in [0.1, 0.15) is 5.82 Å². The minimum Gasteiger partial charge on any atom is -0.469 e. The normalized spacial score (nSPS) is 13.4. The van der Waals surface area contributed by atoms with Crippen LogP contribution in [0.2, 0.25) is 0 Å². The number of nitrogens with zero attached hydrogens (tertiary/aromatic N) is 3. The first-order chi connectivity index (χ1) is 13.1. The van der Waals surface area contributed by atoms with E-state index >= 15 is 0 Å². The highest BCUT2D eigenvalue weighted by atomic mass is 32.2. The first kappa shape index (κ1) is 19.3. The van der Waals surface area contributed by atoms with Gasteiger partial charge < -0.3 is 10.1 Å². The minimum absolute atomic E-state index is 0.150. The molecule has 1 saturated carbocycles. The Labute approximate surface area is 160 Å². The fraction of sp³-hybridized carbons (Fsp3) is 0.444. The Hall–Kier alpha value is -2.42. The van der Waals surface area contributed by atoms with E-state index in [1.807, 2.05) is 4.57 Å². The van der Waals surface area contributed by atoms with Crippen molar-refractivity contribution in [3.05, 3.63) is 30.1 Å². The van der Waals surface area contributed by atoms with Crippen molar-refractivity contribution in [2.24, 2.45) is 0 Å². The molecule has 0 radical (unpaired) electrons. The van der Waals surface area contributed by atoms with Crippen molar-refractivity contribution in [2.45, 2.75) is 36.9 Å². The summed E-state index contributed by atoms with van der Waals surface area (Å²) in [5, 5.41) is 11.7. The first-order valence-corrected chi connectivity index (χ1v) is 9.75. The highest BCUT2D eigenvalue weighted by molar-refractivity contribution is 7.99. The van der Waals surface area contributed by atoms with Gasteiger partial charge in [0.25, 0.3) is 0 Å². The monoisotopic (exact) mass is 392 g/mol. The standard InChI is InChI=1S/C18H21FN4O3S/c1-26-16(25)7-4-10-20-15(24)11-27-18-22-21-17(23(18)12-8-9-12)13-5-2-3-6-14(13)19/h2-3,5-6,12H,4,7-11H2,1H3,(H,20,24). The van der Waals surface area contributed by atoms with Crippen LogP contribution in [0.3, 0.4) is 0 Å². The topological polar surface area (TPSA) is 86.1 Å². The van der Waals surface area contributed by atoms with E-state index in [1.54, 1.807) is 18.2 Å². The summed E-state index contributed by atoms with van der Waals surface area (Å²) in [5.74, 6) is -0.108. The van der Waals surface area contributed by atoms with Gasteiger partial charge in [-0.15, -0.1) is 10.2 Å². The third kappa shape index (κ3) is 5.06. The zero-order valence-corrected chi connectivity index (χ0v) is 15.8. The second-order valence-corrected chi connectivity index (χ2v) is 7.15. The summed E-state index contributed by atoms with van der Waals surface area (Å²) >= 11 is 1.28. The van der Waals surface area contributed by atoms with E-state index in [0.29, 0.717) is 29.5 Å². The number of halogens is 1. The molecule has 0 atom stereocenters. The molecule has 1 amide bonds. The molecule has 7 nitrogen and oxygen atoms in total. The third-order valence-electron chi connectivity index (χ3n) is 4.13. The van der Waals surface area contributed by atoms with Crippen LogP contribution in [-0.2, 0) is 14.3 Å². The zero-order valence-electron chi connectivity index (χ0n) is 15.0. The molecule has 1 aromatic heterocycles. The number of carbonyl (C=O) groups excluding carboxylic acids is 2. The molecule has 0 unspecified atom stereocenters. The Morgan fingerprint density at radius 2 is 2.11 bits per heavy atom. The summed E-state index contributed by atoms with van der Waals surface area (Å²) in [4.78, 5) is 23.0.